The van der Waals surface area contributed by atoms with Gasteiger partial charge in [0.1, 0.15) is 0 Å². The molecule has 0 saturated carbocycles. The minimum atomic E-state index is -3.46. The predicted molar refractivity (Wildman–Crippen MR) is 86.1 cm³/mol. The highest BCUT2D eigenvalue weighted by Gasteiger charge is 2.32. The molecule has 1 heterocycles. The van der Waals surface area contributed by atoms with E-state index in [-0.39, 0.29) is 6.04 Å². The SMILES string of the molecule is Cc1c(C)c(C)c(S(=O)(=O)N2CCC[C@@H](N)C2)c(C)c1C. The number of hydrogen-bond acceptors (Lipinski definition) is 3. The molecule has 118 valence electrons. The van der Waals surface area contributed by atoms with Crippen LogP contribution in [0.5, 0.6) is 0 Å². The summed E-state index contributed by atoms with van der Waals surface area (Å²) in [5, 5.41) is 0. The first-order valence-electron chi connectivity index (χ1n) is 7.50. The molecule has 0 radical (unpaired) electrons. The zero-order valence-corrected chi connectivity index (χ0v) is 14.5. The van der Waals surface area contributed by atoms with Crippen molar-refractivity contribution in [3.8, 4) is 0 Å². The van der Waals surface area contributed by atoms with Crippen molar-refractivity contribution >= 4 is 10.0 Å². The lowest BCUT2D eigenvalue weighted by Gasteiger charge is -2.31. The first-order valence-corrected chi connectivity index (χ1v) is 8.94. The van der Waals surface area contributed by atoms with E-state index in [0.717, 1.165) is 35.1 Å². The van der Waals surface area contributed by atoms with Gasteiger partial charge in [-0.1, -0.05) is 0 Å². The fourth-order valence-electron chi connectivity index (χ4n) is 3.17. The Hall–Kier alpha value is -0.910. The lowest BCUT2D eigenvalue weighted by Crippen LogP contribution is -2.46. The third kappa shape index (κ3) is 2.74. The lowest BCUT2D eigenvalue weighted by molar-refractivity contribution is 0.316. The van der Waals surface area contributed by atoms with Crippen molar-refractivity contribution in [2.45, 2.75) is 58.4 Å². The maximum atomic E-state index is 13.1. The molecule has 1 aliphatic heterocycles. The zero-order valence-electron chi connectivity index (χ0n) is 13.7. The summed E-state index contributed by atoms with van der Waals surface area (Å²) in [6.45, 7) is 10.9. The molecule has 0 amide bonds. The summed E-state index contributed by atoms with van der Waals surface area (Å²) in [6.07, 6.45) is 1.73. The first-order chi connectivity index (χ1) is 9.67. The molecule has 4 nitrogen and oxygen atoms in total. The molecule has 1 aromatic carbocycles. The van der Waals surface area contributed by atoms with E-state index in [2.05, 4.69) is 6.92 Å². The van der Waals surface area contributed by atoms with Crippen LogP contribution in [0.2, 0.25) is 0 Å². The number of benzene rings is 1. The molecule has 5 heteroatoms. The molecule has 1 saturated heterocycles. The van der Waals surface area contributed by atoms with Gasteiger partial charge in [0, 0.05) is 19.1 Å². The van der Waals surface area contributed by atoms with Gasteiger partial charge in [-0.3, -0.25) is 0 Å². The van der Waals surface area contributed by atoms with Crippen molar-refractivity contribution in [1.82, 2.24) is 4.31 Å². The van der Waals surface area contributed by atoms with Crippen LogP contribution in [-0.2, 0) is 10.0 Å². The second kappa shape index (κ2) is 5.71. The molecule has 0 unspecified atom stereocenters. The minimum Gasteiger partial charge on any atom is -0.327 e. The molecule has 1 fully saturated rings. The average Bonchev–Trinajstić information content (AvgIpc) is 2.43. The summed E-state index contributed by atoms with van der Waals surface area (Å²) in [4.78, 5) is 0.484. The normalized spacial score (nSPS) is 20.8. The summed E-state index contributed by atoms with van der Waals surface area (Å²) in [7, 11) is -3.46. The van der Waals surface area contributed by atoms with Crippen LogP contribution in [0.4, 0.5) is 0 Å². The van der Waals surface area contributed by atoms with Crippen molar-refractivity contribution < 1.29 is 8.42 Å². The minimum absolute atomic E-state index is 0.0539. The topological polar surface area (TPSA) is 63.4 Å². The van der Waals surface area contributed by atoms with Crippen LogP contribution in [0.3, 0.4) is 0 Å². The van der Waals surface area contributed by atoms with E-state index in [0.29, 0.717) is 18.0 Å². The standard InChI is InChI=1S/C16H26N2O2S/c1-10-11(2)13(4)16(14(5)12(10)3)21(19,20)18-8-6-7-15(17)9-18/h15H,6-9,17H2,1-5H3/t15-/m1/s1. The van der Waals surface area contributed by atoms with E-state index in [9.17, 15) is 8.42 Å². The molecule has 1 aromatic rings. The number of nitrogens with two attached hydrogens (primary N) is 1. The smallest absolute Gasteiger partial charge is 0.243 e. The van der Waals surface area contributed by atoms with Crippen LogP contribution in [0, 0.1) is 34.6 Å². The Morgan fingerprint density at radius 3 is 1.90 bits per heavy atom. The van der Waals surface area contributed by atoms with Crippen molar-refractivity contribution in [3.05, 3.63) is 27.8 Å². The Labute approximate surface area is 128 Å². The average molecular weight is 310 g/mol. The number of sulfonamides is 1. The van der Waals surface area contributed by atoms with Gasteiger partial charge in [-0.15, -0.1) is 0 Å². The molecule has 2 N–H and O–H groups in total. The van der Waals surface area contributed by atoms with Gasteiger partial charge < -0.3 is 5.73 Å². The molecule has 0 spiro atoms. The monoisotopic (exact) mass is 310 g/mol. The molecule has 21 heavy (non-hydrogen) atoms. The van der Waals surface area contributed by atoms with E-state index in [1.165, 1.54) is 5.56 Å². The molecule has 0 aliphatic carbocycles. The second-order valence-corrected chi connectivity index (χ2v) is 8.09. The van der Waals surface area contributed by atoms with Crippen LogP contribution >= 0.6 is 0 Å². The fraction of sp³-hybridized carbons (Fsp3) is 0.625. The van der Waals surface area contributed by atoms with Gasteiger partial charge in [0.05, 0.1) is 4.90 Å². The molecule has 0 aromatic heterocycles. The summed E-state index contributed by atoms with van der Waals surface area (Å²) < 4.78 is 27.7. The van der Waals surface area contributed by atoms with Crippen molar-refractivity contribution in [1.29, 1.82) is 0 Å². The van der Waals surface area contributed by atoms with Gasteiger partial charge in [-0.25, -0.2) is 8.42 Å². The Kier molecular flexibility index (Phi) is 4.47. The van der Waals surface area contributed by atoms with E-state index in [4.69, 9.17) is 5.73 Å². The quantitative estimate of drug-likeness (QED) is 0.912. The van der Waals surface area contributed by atoms with Crippen molar-refractivity contribution in [2.75, 3.05) is 13.1 Å². The van der Waals surface area contributed by atoms with Gasteiger partial charge >= 0.3 is 0 Å². The van der Waals surface area contributed by atoms with Crippen LogP contribution in [0.1, 0.15) is 40.7 Å². The number of piperidine rings is 1. The largest absolute Gasteiger partial charge is 0.327 e. The van der Waals surface area contributed by atoms with Crippen LogP contribution < -0.4 is 5.73 Å². The predicted octanol–water partition coefficient (Wildman–Crippen LogP) is 2.34. The lowest BCUT2D eigenvalue weighted by atomic mass is 9.95. The highest BCUT2D eigenvalue weighted by atomic mass is 32.2. The molecule has 1 atom stereocenters. The Bertz CT molecular complexity index is 636. The summed E-state index contributed by atoms with van der Waals surface area (Å²) in [6, 6.07) is -0.0539. The van der Waals surface area contributed by atoms with Gasteiger partial charge in [0.15, 0.2) is 0 Å². The van der Waals surface area contributed by atoms with E-state index >= 15 is 0 Å². The first kappa shape index (κ1) is 16.5. The number of nitrogens with zero attached hydrogens (tertiary/aromatic N) is 1. The number of hydrogen-bond donors (Lipinski definition) is 1. The number of rotatable bonds is 2. The van der Waals surface area contributed by atoms with Gasteiger partial charge in [-0.2, -0.15) is 4.31 Å². The van der Waals surface area contributed by atoms with Crippen molar-refractivity contribution in [3.63, 3.8) is 0 Å². The van der Waals surface area contributed by atoms with Crippen molar-refractivity contribution in [2.24, 2.45) is 5.73 Å². The zero-order chi connectivity index (χ0) is 15.9. The molecular formula is C16H26N2O2S. The maximum Gasteiger partial charge on any atom is 0.243 e. The van der Waals surface area contributed by atoms with Crippen LogP contribution in [0.15, 0.2) is 4.90 Å². The molecule has 2 rings (SSSR count). The highest BCUT2D eigenvalue weighted by molar-refractivity contribution is 7.89. The van der Waals surface area contributed by atoms with Gasteiger partial charge in [-0.05, 0) is 75.3 Å². The third-order valence-electron chi connectivity index (χ3n) is 4.95. The Morgan fingerprint density at radius 1 is 0.952 bits per heavy atom. The molecular weight excluding hydrogens is 284 g/mol. The third-order valence-corrected chi connectivity index (χ3v) is 7.09. The van der Waals surface area contributed by atoms with E-state index in [1.807, 2.05) is 27.7 Å². The van der Waals surface area contributed by atoms with Gasteiger partial charge in [0.25, 0.3) is 0 Å². The maximum absolute atomic E-state index is 13.1. The molecule has 0 bridgehead atoms. The fourth-order valence-corrected chi connectivity index (χ4v) is 5.27. The summed E-state index contributed by atoms with van der Waals surface area (Å²) >= 11 is 0. The van der Waals surface area contributed by atoms with E-state index < -0.39 is 10.0 Å². The summed E-state index contributed by atoms with van der Waals surface area (Å²) in [5.41, 5.74) is 11.0. The Balaban J connectivity index is 2.60. The second-order valence-electron chi connectivity index (χ2n) is 6.22. The Morgan fingerprint density at radius 2 is 1.43 bits per heavy atom. The molecule has 1 aliphatic rings. The van der Waals surface area contributed by atoms with Crippen LogP contribution in [0.25, 0.3) is 0 Å². The van der Waals surface area contributed by atoms with Crippen LogP contribution in [-0.4, -0.2) is 31.9 Å². The summed E-state index contributed by atoms with van der Waals surface area (Å²) in [5.74, 6) is 0. The van der Waals surface area contributed by atoms with Gasteiger partial charge in [0.2, 0.25) is 10.0 Å². The van der Waals surface area contributed by atoms with E-state index in [1.54, 1.807) is 4.31 Å². The highest BCUT2D eigenvalue weighted by Crippen LogP contribution is 2.32.